The van der Waals surface area contributed by atoms with Crippen molar-refractivity contribution < 1.29 is 14.9 Å². The lowest BCUT2D eigenvalue weighted by Gasteiger charge is -2.12. The van der Waals surface area contributed by atoms with Crippen LogP contribution in [0.4, 0.5) is 4.79 Å². The molecule has 5 nitrogen and oxygen atoms in total. The summed E-state index contributed by atoms with van der Waals surface area (Å²) in [6.45, 7) is 2.16. The van der Waals surface area contributed by atoms with Crippen molar-refractivity contribution in [3.63, 3.8) is 0 Å². The van der Waals surface area contributed by atoms with Gasteiger partial charge in [-0.1, -0.05) is 29.8 Å². The van der Waals surface area contributed by atoms with Crippen LogP contribution < -0.4 is 16.0 Å². The molecule has 0 radical (unpaired) electrons. The number of carbonyl (C=O) groups is 2. The molecule has 1 aromatic carbocycles. The van der Waals surface area contributed by atoms with E-state index >= 15 is 0 Å². The Morgan fingerprint density at radius 3 is 2.75 bits per heavy atom. The highest BCUT2D eigenvalue weighted by Crippen LogP contribution is 2.19. The molecule has 4 N–H and O–H groups in total. The van der Waals surface area contributed by atoms with E-state index in [2.05, 4.69) is 10.6 Å². The van der Waals surface area contributed by atoms with Crippen molar-refractivity contribution in [2.75, 3.05) is 6.54 Å². The summed E-state index contributed by atoms with van der Waals surface area (Å²) in [5.74, 6) is -0.304. The van der Waals surface area contributed by atoms with E-state index in [0.29, 0.717) is 5.02 Å². The number of rotatable bonds is 5. The van der Waals surface area contributed by atoms with E-state index in [1.54, 1.807) is 0 Å². The third kappa shape index (κ3) is 4.51. The van der Waals surface area contributed by atoms with Crippen LogP contribution in [0.25, 0.3) is 0 Å². The Hall–Kier alpha value is -1.59. The normalized spacial score (nSPS) is 15.5. The van der Waals surface area contributed by atoms with Gasteiger partial charge in [0.15, 0.2) is 6.54 Å². The van der Waals surface area contributed by atoms with Gasteiger partial charge in [0.05, 0.1) is 0 Å². The van der Waals surface area contributed by atoms with Gasteiger partial charge in [0.2, 0.25) is 0 Å². The third-order valence-corrected chi connectivity index (χ3v) is 3.56. The van der Waals surface area contributed by atoms with Gasteiger partial charge in [-0.25, -0.2) is 4.79 Å². The minimum Gasteiger partial charge on any atom is -0.335 e. The fraction of sp³-hybridized carbons (Fsp3) is 0.429. The maximum absolute atomic E-state index is 11.6. The minimum absolute atomic E-state index is 0.0564. The van der Waals surface area contributed by atoms with Gasteiger partial charge in [-0.15, -0.1) is 0 Å². The topological polar surface area (TPSA) is 74.8 Å². The average molecular weight is 297 g/mol. The summed E-state index contributed by atoms with van der Waals surface area (Å²) >= 11 is 6.10. The second kappa shape index (κ2) is 6.72. The molecule has 0 spiro atoms. The van der Waals surface area contributed by atoms with E-state index in [4.69, 9.17) is 11.6 Å². The number of amides is 3. The van der Waals surface area contributed by atoms with Crippen LogP contribution >= 0.6 is 11.6 Å². The van der Waals surface area contributed by atoms with Gasteiger partial charge < -0.3 is 10.6 Å². The first-order valence-corrected chi connectivity index (χ1v) is 7.12. The summed E-state index contributed by atoms with van der Waals surface area (Å²) in [5, 5.41) is 7.56. The molecule has 0 heterocycles. The van der Waals surface area contributed by atoms with Crippen molar-refractivity contribution in [1.82, 2.24) is 10.6 Å². The van der Waals surface area contributed by atoms with Crippen molar-refractivity contribution in [3.8, 4) is 0 Å². The molecule has 0 saturated heterocycles. The van der Waals surface area contributed by atoms with E-state index in [1.807, 2.05) is 36.5 Å². The van der Waals surface area contributed by atoms with Crippen LogP contribution in [-0.2, 0) is 4.79 Å². The second-order valence-corrected chi connectivity index (χ2v) is 5.45. The van der Waals surface area contributed by atoms with Gasteiger partial charge in [0, 0.05) is 16.6 Å². The first-order valence-electron chi connectivity index (χ1n) is 6.74. The van der Waals surface area contributed by atoms with Gasteiger partial charge in [0.1, 0.15) is 6.04 Å². The molecule has 6 heteroatoms. The molecule has 1 aromatic rings. The SMILES string of the molecule is C[C@H]([NH2+]CC(=O)NC(=O)NC1CC1)c1ccccc1Cl. The van der Waals surface area contributed by atoms with Gasteiger partial charge in [-0.2, -0.15) is 0 Å². The van der Waals surface area contributed by atoms with E-state index < -0.39 is 6.03 Å². The lowest BCUT2D eigenvalue weighted by Crippen LogP contribution is -2.87. The fourth-order valence-corrected chi connectivity index (χ4v) is 2.19. The summed E-state index contributed by atoms with van der Waals surface area (Å²) in [6.07, 6.45) is 1.99. The maximum Gasteiger partial charge on any atom is 0.321 e. The van der Waals surface area contributed by atoms with E-state index in [9.17, 15) is 9.59 Å². The molecular weight excluding hydrogens is 278 g/mol. The highest BCUT2D eigenvalue weighted by molar-refractivity contribution is 6.31. The van der Waals surface area contributed by atoms with Crippen LogP contribution in [-0.4, -0.2) is 24.5 Å². The highest BCUT2D eigenvalue weighted by Gasteiger charge is 2.24. The summed E-state index contributed by atoms with van der Waals surface area (Å²) in [6, 6.07) is 7.43. The van der Waals surface area contributed by atoms with E-state index in [1.165, 1.54) is 0 Å². The Balaban J connectivity index is 1.75. The third-order valence-electron chi connectivity index (χ3n) is 3.22. The number of halogens is 1. The standard InChI is InChI=1S/C14H18ClN3O2/c1-9(11-4-2-3-5-12(11)15)16-8-13(19)18-14(20)17-10-6-7-10/h2-5,9-10,16H,6-8H2,1H3,(H2,17,18,19,20)/p+1/t9-/m0/s1. The number of urea groups is 1. The van der Waals surface area contributed by atoms with Gasteiger partial charge in [-0.3, -0.25) is 10.1 Å². The fourth-order valence-electron chi connectivity index (χ4n) is 1.88. The zero-order valence-corrected chi connectivity index (χ0v) is 12.1. The lowest BCUT2D eigenvalue weighted by molar-refractivity contribution is -0.682. The minimum atomic E-state index is -0.406. The van der Waals surface area contributed by atoms with Crippen LogP contribution in [0.2, 0.25) is 5.02 Å². The number of carbonyl (C=O) groups excluding carboxylic acids is 2. The molecule has 0 aliphatic heterocycles. The molecular formula is C14H19ClN3O2+. The van der Waals surface area contributed by atoms with Gasteiger partial charge in [-0.05, 0) is 25.8 Å². The molecule has 1 atom stereocenters. The number of nitrogens with one attached hydrogen (secondary N) is 2. The van der Waals surface area contributed by atoms with Gasteiger partial charge in [0.25, 0.3) is 5.91 Å². The molecule has 0 aromatic heterocycles. The zero-order chi connectivity index (χ0) is 14.5. The van der Waals surface area contributed by atoms with Crippen molar-refractivity contribution in [2.45, 2.75) is 31.8 Å². The quantitative estimate of drug-likeness (QED) is 0.757. The summed E-state index contributed by atoms with van der Waals surface area (Å²) in [4.78, 5) is 23.0. The van der Waals surface area contributed by atoms with Crippen molar-refractivity contribution in [3.05, 3.63) is 34.9 Å². The Morgan fingerprint density at radius 1 is 1.40 bits per heavy atom. The number of nitrogens with two attached hydrogens (primary N) is 1. The predicted octanol–water partition coefficient (Wildman–Crippen LogP) is 0.953. The molecule has 2 rings (SSSR count). The largest absolute Gasteiger partial charge is 0.335 e. The van der Waals surface area contributed by atoms with Crippen molar-refractivity contribution >= 4 is 23.5 Å². The smallest absolute Gasteiger partial charge is 0.321 e. The lowest BCUT2D eigenvalue weighted by atomic mass is 10.1. The first kappa shape index (κ1) is 14.8. The molecule has 1 saturated carbocycles. The van der Waals surface area contributed by atoms with Crippen molar-refractivity contribution in [1.29, 1.82) is 0 Å². The second-order valence-electron chi connectivity index (χ2n) is 5.05. The Morgan fingerprint density at radius 2 is 2.10 bits per heavy atom. The number of benzene rings is 1. The molecule has 1 aliphatic rings. The molecule has 20 heavy (non-hydrogen) atoms. The molecule has 0 unspecified atom stereocenters. The number of imide groups is 1. The van der Waals surface area contributed by atoms with Gasteiger partial charge >= 0.3 is 6.03 Å². The number of quaternary nitrogens is 1. The van der Waals surface area contributed by atoms with E-state index in [-0.39, 0.29) is 24.5 Å². The molecule has 3 amide bonds. The van der Waals surface area contributed by atoms with E-state index in [0.717, 1.165) is 18.4 Å². The predicted molar refractivity (Wildman–Crippen MR) is 76.4 cm³/mol. The van der Waals surface area contributed by atoms with Crippen LogP contribution in [0.1, 0.15) is 31.4 Å². The van der Waals surface area contributed by atoms with Crippen LogP contribution in [0.3, 0.4) is 0 Å². The average Bonchev–Trinajstić information content (AvgIpc) is 3.20. The Kier molecular flexibility index (Phi) is 4.98. The Labute approximate surface area is 123 Å². The van der Waals surface area contributed by atoms with Crippen LogP contribution in [0, 0.1) is 0 Å². The molecule has 1 fully saturated rings. The number of hydrogen-bond donors (Lipinski definition) is 3. The Bertz CT molecular complexity index is 503. The maximum atomic E-state index is 11.6. The first-order chi connectivity index (χ1) is 9.56. The van der Waals surface area contributed by atoms with Crippen LogP contribution in [0.5, 0.6) is 0 Å². The number of hydrogen-bond acceptors (Lipinski definition) is 2. The highest BCUT2D eigenvalue weighted by atomic mass is 35.5. The summed E-state index contributed by atoms with van der Waals surface area (Å²) in [7, 11) is 0. The molecule has 1 aliphatic carbocycles. The monoisotopic (exact) mass is 296 g/mol. The van der Waals surface area contributed by atoms with Crippen molar-refractivity contribution in [2.24, 2.45) is 0 Å². The van der Waals surface area contributed by atoms with Crippen LogP contribution in [0.15, 0.2) is 24.3 Å². The molecule has 108 valence electrons. The zero-order valence-electron chi connectivity index (χ0n) is 11.4. The summed E-state index contributed by atoms with van der Waals surface area (Å²) in [5.41, 5.74) is 0.976. The molecule has 0 bridgehead atoms. The summed E-state index contributed by atoms with van der Waals surface area (Å²) < 4.78 is 0.